The first-order chi connectivity index (χ1) is 8.90. The Morgan fingerprint density at radius 2 is 1.63 bits per heavy atom. The van der Waals surface area contributed by atoms with E-state index < -0.39 is 0 Å². The molecule has 0 bridgehead atoms. The van der Waals surface area contributed by atoms with Crippen LogP contribution in [0.1, 0.15) is 21.5 Å². The fourth-order valence-corrected chi connectivity index (χ4v) is 4.24. The molecule has 0 nitrogen and oxygen atoms in total. The lowest BCUT2D eigenvalue weighted by atomic mass is 10.0. The summed E-state index contributed by atoms with van der Waals surface area (Å²) < 4.78 is 3.09. The van der Waals surface area contributed by atoms with Crippen LogP contribution in [0.5, 0.6) is 0 Å². The summed E-state index contributed by atoms with van der Waals surface area (Å²) in [5.41, 5.74) is 3.52. The minimum Gasteiger partial charge on any atom is -0.0831 e. The van der Waals surface area contributed by atoms with E-state index in [-0.39, 0.29) is 4.83 Å². The molecule has 5 heteroatoms. The molecule has 1 atom stereocenters. The van der Waals surface area contributed by atoms with Crippen molar-refractivity contribution in [3.63, 3.8) is 0 Å². The molecule has 0 aliphatic heterocycles. The molecule has 100 valence electrons. The van der Waals surface area contributed by atoms with Gasteiger partial charge in [0.05, 0.1) is 9.85 Å². The summed E-state index contributed by atoms with van der Waals surface area (Å²) in [6.07, 6.45) is 0. The van der Waals surface area contributed by atoms with Crippen molar-refractivity contribution < 1.29 is 0 Å². The second kappa shape index (κ2) is 6.61. The van der Waals surface area contributed by atoms with Gasteiger partial charge in [-0.25, -0.2) is 0 Å². The topological polar surface area (TPSA) is 0 Å². The standard InChI is InChI=1S/C14H9Br4Cl/c1-7-4-11(16)9(6-10(7)15)14(18)8-2-3-13(19)12(17)5-8/h2-6,14H,1H3. The van der Waals surface area contributed by atoms with Gasteiger partial charge in [-0.05, 0) is 63.8 Å². The van der Waals surface area contributed by atoms with Crippen LogP contribution in [0, 0.1) is 6.92 Å². The molecule has 0 saturated heterocycles. The van der Waals surface area contributed by atoms with Crippen LogP contribution in [0.2, 0.25) is 5.02 Å². The van der Waals surface area contributed by atoms with Gasteiger partial charge in [-0.2, -0.15) is 0 Å². The number of alkyl halides is 1. The highest BCUT2D eigenvalue weighted by Crippen LogP contribution is 2.39. The highest BCUT2D eigenvalue weighted by atomic mass is 79.9. The van der Waals surface area contributed by atoms with Crippen LogP contribution in [-0.4, -0.2) is 0 Å². The third kappa shape index (κ3) is 3.65. The van der Waals surface area contributed by atoms with E-state index in [1.54, 1.807) is 0 Å². The Hall–Kier alpha value is 0.650. The molecule has 0 aliphatic carbocycles. The van der Waals surface area contributed by atoms with Crippen molar-refractivity contribution in [1.29, 1.82) is 0 Å². The van der Waals surface area contributed by atoms with Crippen molar-refractivity contribution in [2.45, 2.75) is 11.8 Å². The lowest BCUT2D eigenvalue weighted by Gasteiger charge is -2.15. The zero-order chi connectivity index (χ0) is 14.2. The van der Waals surface area contributed by atoms with Gasteiger partial charge < -0.3 is 0 Å². The quantitative estimate of drug-likeness (QED) is 0.354. The Balaban J connectivity index is 2.46. The predicted molar refractivity (Wildman–Crippen MR) is 96.5 cm³/mol. The number of hydrogen-bond donors (Lipinski definition) is 0. The van der Waals surface area contributed by atoms with Crippen molar-refractivity contribution in [1.82, 2.24) is 0 Å². The third-order valence-corrected chi connectivity index (χ3v) is 6.56. The lowest BCUT2D eigenvalue weighted by Crippen LogP contribution is -1.95. The van der Waals surface area contributed by atoms with Gasteiger partial charge in [0.25, 0.3) is 0 Å². The molecule has 0 aliphatic rings. The first-order valence-electron chi connectivity index (χ1n) is 5.44. The van der Waals surface area contributed by atoms with E-state index in [2.05, 4.69) is 82.8 Å². The average Bonchev–Trinajstić information content (AvgIpc) is 2.36. The van der Waals surface area contributed by atoms with E-state index in [9.17, 15) is 0 Å². The molecule has 2 rings (SSSR count). The Morgan fingerprint density at radius 3 is 2.26 bits per heavy atom. The Morgan fingerprint density at radius 1 is 0.947 bits per heavy atom. The Labute approximate surface area is 151 Å². The van der Waals surface area contributed by atoms with E-state index in [0.29, 0.717) is 5.02 Å². The van der Waals surface area contributed by atoms with Gasteiger partial charge >= 0.3 is 0 Å². The number of benzene rings is 2. The number of hydrogen-bond acceptors (Lipinski definition) is 0. The zero-order valence-corrected chi connectivity index (χ0v) is 17.0. The molecule has 0 heterocycles. The minimum absolute atomic E-state index is 0.104. The molecule has 0 radical (unpaired) electrons. The summed E-state index contributed by atoms with van der Waals surface area (Å²) in [5, 5.41) is 0.715. The third-order valence-electron chi connectivity index (χ3n) is 2.79. The monoisotopic (exact) mass is 528 g/mol. The molecular formula is C14H9Br4Cl. The van der Waals surface area contributed by atoms with Crippen LogP contribution in [0.4, 0.5) is 0 Å². The summed E-state index contributed by atoms with van der Waals surface area (Å²) in [4.78, 5) is 0.104. The van der Waals surface area contributed by atoms with E-state index in [1.165, 1.54) is 11.1 Å². The maximum Gasteiger partial charge on any atom is 0.0656 e. The van der Waals surface area contributed by atoms with Crippen molar-refractivity contribution in [3.05, 3.63) is 65.5 Å². The van der Waals surface area contributed by atoms with Gasteiger partial charge in [-0.1, -0.05) is 65.5 Å². The van der Waals surface area contributed by atoms with Crippen LogP contribution in [0.25, 0.3) is 0 Å². The molecule has 0 saturated carbocycles. The second-order valence-electron chi connectivity index (χ2n) is 4.16. The minimum atomic E-state index is 0.104. The maximum absolute atomic E-state index is 6.03. The predicted octanol–water partition coefficient (Wildman–Crippen LogP) is 7.42. The average molecular weight is 532 g/mol. The normalized spacial score (nSPS) is 12.5. The molecule has 2 aromatic rings. The van der Waals surface area contributed by atoms with Crippen molar-refractivity contribution in [2.24, 2.45) is 0 Å². The summed E-state index contributed by atoms with van der Waals surface area (Å²) in [5.74, 6) is 0. The molecule has 2 aromatic carbocycles. The SMILES string of the molecule is Cc1cc(Br)c(C(Br)c2ccc(Cl)c(Br)c2)cc1Br. The van der Waals surface area contributed by atoms with Crippen LogP contribution in [-0.2, 0) is 0 Å². The summed E-state index contributed by atoms with van der Waals surface area (Å²) in [6.45, 7) is 2.07. The lowest BCUT2D eigenvalue weighted by molar-refractivity contribution is 1.15. The first-order valence-corrected chi connectivity index (χ1v) is 9.12. The van der Waals surface area contributed by atoms with Crippen LogP contribution in [0.15, 0.2) is 43.7 Å². The van der Waals surface area contributed by atoms with Crippen LogP contribution < -0.4 is 0 Å². The first kappa shape index (κ1) is 16.0. The van der Waals surface area contributed by atoms with Crippen molar-refractivity contribution >= 4 is 75.3 Å². The summed E-state index contributed by atoms with van der Waals surface area (Å²) >= 11 is 20.4. The molecule has 0 aromatic heterocycles. The maximum atomic E-state index is 6.03. The number of aryl methyl sites for hydroxylation is 1. The number of halogens is 5. The molecule has 1 unspecified atom stereocenters. The molecule has 0 spiro atoms. The highest BCUT2D eigenvalue weighted by Gasteiger charge is 2.16. The summed E-state index contributed by atoms with van der Waals surface area (Å²) in [7, 11) is 0. The molecule has 0 fully saturated rings. The Bertz CT molecular complexity index is 625. The largest absolute Gasteiger partial charge is 0.0831 e. The van der Waals surface area contributed by atoms with E-state index in [1.807, 2.05) is 18.2 Å². The van der Waals surface area contributed by atoms with Gasteiger partial charge in [-0.3, -0.25) is 0 Å². The zero-order valence-electron chi connectivity index (χ0n) is 9.85. The van der Waals surface area contributed by atoms with Gasteiger partial charge in [0.2, 0.25) is 0 Å². The smallest absolute Gasteiger partial charge is 0.0656 e. The van der Waals surface area contributed by atoms with Gasteiger partial charge in [-0.15, -0.1) is 0 Å². The van der Waals surface area contributed by atoms with E-state index in [0.717, 1.165) is 19.0 Å². The fourth-order valence-electron chi connectivity index (χ4n) is 1.71. The van der Waals surface area contributed by atoms with E-state index in [4.69, 9.17) is 11.6 Å². The Kier molecular flexibility index (Phi) is 5.58. The molecule has 0 N–H and O–H groups in total. The van der Waals surface area contributed by atoms with Gasteiger partial charge in [0.15, 0.2) is 0 Å². The van der Waals surface area contributed by atoms with Crippen molar-refractivity contribution in [3.8, 4) is 0 Å². The highest BCUT2D eigenvalue weighted by molar-refractivity contribution is 9.11. The van der Waals surface area contributed by atoms with Gasteiger partial charge in [0.1, 0.15) is 0 Å². The van der Waals surface area contributed by atoms with Crippen LogP contribution >= 0.6 is 75.3 Å². The van der Waals surface area contributed by atoms with Crippen LogP contribution in [0.3, 0.4) is 0 Å². The van der Waals surface area contributed by atoms with Gasteiger partial charge in [0, 0.05) is 13.4 Å². The summed E-state index contributed by atoms with van der Waals surface area (Å²) in [6, 6.07) is 10.2. The second-order valence-corrected chi connectivity index (χ2v) is 8.04. The fraction of sp³-hybridized carbons (Fsp3) is 0.143. The van der Waals surface area contributed by atoms with E-state index >= 15 is 0 Å². The molecule has 19 heavy (non-hydrogen) atoms. The number of rotatable bonds is 2. The molecule has 0 amide bonds. The molecular weight excluding hydrogens is 523 g/mol. The van der Waals surface area contributed by atoms with Crippen molar-refractivity contribution in [2.75, 3.05) is 0 Å².